The minimum Gasteiger partial charge on any atom is -0.383 e. The number of anilines is 1. The molecular weight excluding hydrogens is 558 g/mol. The summed E-state index contributed by atoms with van der Waals surface area (Å²) in [6.45, 7) is 5.62. The Labute approximate surface area is 256 Å². The van der Waals surface area contributed by atoms with Gasteiger partial charge in [0.05, 0.1) is 18.0 Å². The summed E-state index contributed by atoms with van der Waals surface area (Å²) in [6, 6.07) is 21.1. The number of hydrogen-bond donors (Lipinski definition) is 3. The highest BCUT2D eigenvalue weighted by Gasteiger charge is 2.34. The molecule has 5 rings (SSSR count). The lowest BCUT2D eigenvalue weighted by molar-refractivity contribution is 0.0961. The fourth-order valence-corrected chi connectivity index (χ4v) is 5.84. The van der Waals surface area contributed by atoms with Crippen LogP contribution in [0.5, 0.6) is 0 Å². The molecule has 2 aromatic carbocycles. The number of methoxy groups -OCH3 is 1. The SMILES string of the molecule is CNC(=O)c1cc(-c2nn(-c3ccccc3)c(NC(=O)NC[C@@H]3CN(CCOC)C[C@H]3c3ccccc3)c2C)cn(C)c1=O. The van der Waals surface area contributed by atoms with E-state index < -0.39 is 11.5 Å². The van der Waals surface area contributed by atoms with Gasteiger partial charge < -0.3 is 24.8 Å². The number of nitrogens with zero attached hydrogens (tertiary/aromatic N) is 4. The second-order valence-electron chi connectivity index (χ2n) is 11.1. The van der Waals surface area contributed by atoms with E-state index in [0.29, 0.717) is 35.8 Å². The van der Waals surface area contributed by atoms with Crippen molar-refractivity contribution in [2.75, 3.05) is 52.3 Å². The summed E-state index contributed by atoms with van der Waals surface area (Å²) >= 11 is 0. The van der Waals surface area contributed by atoms with Crippen LogP contribution in [-0.2, 0) is 11.8 Å². The van der Waals surface area contributed by atoms with Gasteiger partial charge in [-0.05, 0) is 36.6 Å². The Morgan fingerprint density at radius 2 is 1.75 bits per heavy atom. The second-order valence-corrected chi connectivity index (χ2v) is 11.1. The number of likely N-dealkylation sites (tertiary alicyclic amines) is 1. The third-order valence-electron chi connectivity index (χ3n) is 8.16. The van der Waals surface area contributed by atoms with E-state index in [0.717, 1.165) is 25.3 Å². The van der Waals surface area contributed by atoms with Gasteiger partial charge in [-0.3, -0.25) is 14.9 Å². The standard InChI is InChI=1S/C33H39N7O4/c1-22-29(24-17-27(31(41)34-2)32(42)38(3)19-24)37-40(26-13-9-6-10-14-26)30(22)36-33(43)35-18-25-20-39(15-16-44-4)21-28(25)23-11-7-5-8-12-23/h5-14,17,19,25,28H,15-16,18,20-21H2,1-4H3,(H,34,41)(H2,35,36,43)/t25-,28+/m1/s1. The lowest BCUT2D eigenvalue weighted by Gasteiger charge is -2.20. The molecule has 1 aliphatic rings. The number of amides is 3. The first-order valence-electron chi connectivity index (χ1n) is 14.7. The Balaban J connectivity index is 1.41. The van der Waals surface area contributed by atoms with Crippen molar-refractivity contribution in [1.82, 2.24) is 29.9 Å². The lowest BCUT2D eigenvalue weighted by Crippen LogP contribution is -2.36. The summed E-state index contributed by atoms with van der Waals surface area (Å²) in [6.07, 6.45) is 1.64. The molecular formula is C33H39N7O4. The highest BCUT2D eigenvalue weighted by molar-refractivity contribution is 5.95. The predicted octanol–water partition coefficient (Wildman–Crippen LogP) is 3.39. The molecule has 230 valence electrons. The van der Waals surface area contributed by atoms with Crippen LogP contribution in [0.4, 0.5) is 10.6 Å². The number of aromatic nitrogens is 3. The number of ether oxygens (including phenoxy) is 1. The van der Waals surface area contributed by atoms with Gasteiger partial charge in [0.1, 0.15) is 11.4 Å². The average molecular weight is 598 g/mol. The number of rotatable bonds is 10. The molecule has 11 nitrogen and oxygen atoms in total. The van der Waals surface area contributed by atoms with Crippen LogP contribution < -0.4 is 21.5 Å². The molecule has 0 radical (unpaired) electrons. The molecule has 0 bridgehead atoms. The summed E-state index contributed by atoms with van der Waals surface area (Å²) in [7, 11) is 4.78. The first-order chi connectivity index (χ1) is 21.3. The summed E-state index contributed by atoms with van der Waals surface area (Å²) < 4.78 is 8.34. The van der Waals surface area contributed by atoms with Crippen molar-refractivity contribution in [2.24, 2.45) is 13.0 Å². The molecule has 3 heterocycles. The van der Waals surface area contributed by atoms with Gasteiger partial charge in [-0.2, -0.15) is 5.10 Å². The number of carbonyl (C=O) groups is 2. The van der Waals surface area contributed by atoms with Crippen molar-refractivity contribution in [3.8, 4) is 16.9 Å². The minimum atomic E-state index is -0.480. The first kappa shape index (κ1) is 30.7. The van der Waals surface area contributed by atoms with E-state index in [-0.39, 0.29) is 23.4 Å². The van der Waals surface area contributed by atoms with Gasteiger partial charge in [-0.25, -0.2) is 9.48 Å². The van der Waals surface area contributed by atoms with E-state index in [1.54, 1.807) is 25.0 Å². The topological polar surface area (TPSA) is 123 Å². The van der Waals surface area contributed by atoms with Crippen molar-refractivity contribution in [1.29, 1.82) is 0 Å². The normalized spacial score (nSPS) is 16.5. The largest absolute Gasteiger partial charge is 0.383 e. The maximum Gasteiger partial charge on any atom is 0.320 e. The van der Waals surface area contributed by atoms with Crippen LogP contribution in [0.1, 0.15) is 27.4 Å². The van der Waals surface area contributed by atoms with Crippen molar-refractivity contribution in [3.63, 3.8) is 0 Å². The molecule has 3 amide bonds. The van der Waals surface area contributed by atoms with Gasteiger partial charge in [-0.1, -0.05) is 48.5 Å². The molecule has 0 spiro atoms. The van der Waals surface area contributed by atoms with E-state index >= 15 is 0 Å². The molecule has 0 unspecified atom stereocenters. The Hall–Kier alpha value is -4.74. The smallest absolute Gasteiger partial charge is 0.320 e. The number of carbonyl (C=O) groups excluding carboxylic acids is 2. The third kappa shape index (κ3) is 6.58. The second kappa shape index (κ2) is 13.7. The molecule has 0 aliphatic carbocycles. The molecule has 2 atom stereocenters. The maximum atomic E-state index is 13.4. The zero-order valence-corrected chi connectivity index (χ0v) is 25.5. The zero-order valence-electron chi connectivity index (χ0n) is 25.5. The van der Waals surface area contributed by atoms with Crippen molar-refractivity contribution in [3.05, 3.63) is 100.0 Å². The predicted molar refractivity (Wildman–Crippen MR) is 170 cm³/mol. The van der Waals surface area contributed by atoms with Gasteiger partial charge in [0.25, 0.3) is 11.5 Å². The summed E-state index contributed by atoms with van der Waals surface area (Å²) in [5.74, 6) is 0.527. The number of para-hydroxylation sites is 1. The molecule has 11 heteroatoms. The van der Waals surface area contributed by atoms with E-state index in [9.17, 15) is 14.4 Å². The molecule has 1 aliphatic heterocycles. The van der Waals surface area contributed by atoms with Crippen LogP contribution in [0.2, 0.25) is 0 Å². The van der Waals surface area contributed by atoms with Crippen LogP contribution in [0, 0.1) is 12.8 Å². The number of nitrogens with one attached hydrogen (secondary N) is 3. The van der Waals surface area contributed by atoms with Crippen molar-refractivity contribution in [2.45, 2.75) is 12.8 Å². The molecule has 44 heavy (non-hydrogen) atoms. The number of aryl methyl sites for hydroxylation is 1. The Kier molecular flexibility index (Phi) is 9.56. The molecule has 2 aromatic heterocycles. The number of hydrogen-bond acceptors (Lipinski definition) is 6. The fourth-order valence-electron chi connectivity index (χ4n) is 5.84. The molecule has 1 fully saturated rings. The van der Waals surface area contributed by atoms with Gasteiger partial charge in [0, 0.05) is 70.6 Å². The van der Waals surface area contributed by atoms with Gasteiger partial charge >= 0.3 is 6.03 Å². The summed E-state index contributed by atoms with van der Waals surface area (Å²) in [5.41, 5.74) is 3.43. The first-order valence-corrected chi connectivity index (χ1v) is 14.7. The van der Waals surface area contributed by atoms with Gasteiger partial charge in [0.2, 0.25) is 0 Å². The van der Waals surface area contributed by atoms with Crippen LogP contribution in [0.3, 0.4) is 0 Å². The minimum absolute atomic E-state index is 0.0116. The van der Waals surface area contributed by atoms with Gasteiger partial charge in [-0.15, -0.1) is 0 Å². The molecule has 0 saturated carbocycles. The quantitative estimate of drug-likeness (QED) is 0.258. The van der Waals surface area contributed by atoms with Gasteiger partial charge in [0.15, 0.2) is 0 Å². The van der Waals surface area contributed by atoms with Crippen LogP contribution >= 0.6 is 0 Å². The fraction of sp³-hybridized carbons (Fsp3) is 0.333. The van der Waals surface area contributed by atoms with Crippen LogP contribution in [0.25, 0.3) is 16.9 Å². The number of urea groups is 1. The van der Waals surface area contributed by atoms with E-state index in [1.165, 1.54) is 23.2 Å². The van der Waals surface area contributed by atoms with Crippen molar-refractivity contribution >= 4 is 17.8 Å². The van der Waals surface area contributed by atoms with E-state index in [1.807, 2.05) is 43.3 Å². The average Bonchev–Trinajstić information content (AvgIpc) is 3.61. The zero-order chi connectivity index (χ0) is 31.2. The van der Waals surface area contributed by atoms with Crippen LogP contribution in [0.15, 0.2) is 77.7 Å². The van der Waals surface area contributed by atoms with Crippen molar-refractivity contribution < 1.29 is 14.3 Å². The number of benzene rings is 2. The lowest BCUT2D eigenvalue weighted by atomic mass is 9.89. The number of pyridine rings is 1. The third-order valence-corrected chi connectivity index (χ3v) is 8.16. The Morgan fingerprint density at radius 1 is 1.05 bits per heavy atom. The molecule has 3 N–H and O–H groups in total. The van der Waals surface area contributed by atoms with E-state index in [4.69, 9.17) is 9.84 Å². The molecule has 1 saturated heterocycles. The summed E-state index contributed by atoms with van der Waals surface area (Å²) in [4.78, 5) is 40.9. The monoisotopic (exact) mass is 597 g/mol. The molecule has 4 aromatic rings. The van der Waals surface area contributed by atoms with Crippen LogP contribution in [-0.4, -0.2) is 78.1 Å². The highest BCUT2D eigenvalue weighted by atomic mass is 16.5. The summed E-state index contributed by atoms with van der Waals surface area (Å²) in [5, 5.41) is 13.5. The highest BCUT2D eigenvalue weighted by Crippen LogP contribution is 2.33. The maximum absolute atomic E-state index is 13.4. The Bertz CT molecular complexity index is 1670. The van der Waals surface area contributed by atoms with E-state index in [2.05, 4.69) is 45.1 Å². The Morgan fingerprint density at radius 3 is 2.43 bits per heavy atom.